The predicted molar refractivity (Wildman–Crippen MR) is 328 cm³/mol. The van der Waals surface area contributed by atoms with E-state index < -0.39 is 0 Å². The maximum absolute atomic E-state index is 2.79. The van der Waals surface area contributed by atoms with Crippen LogP contribution >= 0.6 is 11.3 Å². The molecular weight excluding hydrogens is 926 g/mol. The lowest BCUT2D eigenvalue weighted by Crippen LogP contribution is -2.56. The van der Waals surface area contributed by atoms with Gasteiger partial charge in [-0.05, 0) is 137 Å². The van der Waals surface area contributed by atoms with E-state index in [1.165, 1.54) is 120 Å². The van der Waals surface area contributed by atoms with Crippen LogP contribution in [-0.4, -0.2) is 11.3 Å². The van der Waals surface area contributed by atoms with E-state index >= 15 is 0 Å². The van der Waals surface area contributed by atoms with E-state index in [1.54, 1.807) is 0 Å². The van der Waals surface area contributed by atoms with Crippen LogP contribution in [-0.2, 0) is 21.7 Å². The van der Waals surface area contributed by atoms with E-state index in [0.717, 1.165) is 11.4 Å². The lowest BCUT2D eigenvalue weighted by atomic mass is 9.44. The Morgan fingerprint density at radius 3 is 1.64 bits per heavy atom. The third kappa shape index (κ3) is 7.43. The van der Waals surface area contributed by atoms with Crippen LogP contribution < -0.4 is 20.7 Å². The number of nitrogens with zero attached hydrogens (tertiary/aromatic N) is 3. The molecule has 9 aromatic carbocycles. The van der Waals surface area contributed by atoms with Crippen molar-refractivity contribution in [2.24, 2.45) is 0 Å². The molecule has 0 bridgehead atoms. The summed E-state index contributed by atoms with van der Waals surface area (Å²) in [5.41, 5.74) is 22.6. The molecule has 0 fully saturated rings. The molecular formula is C70H66BN3S. The fourth-order valence-corrected chi connectivity index (χ4v) is 13.5. The topological polar surface area (TPSA) is 11.4 Å². The zero-order valence-electron chi connectivity index (χ0n) is 45.6. The van der Waals surface area contributed by atoms with Gasteiger partial charge in [-0.1, -0.05) is 204 Å². The number of hydrogen-bond donors (Lipinski definition) is 0. The molecule has 370 valence electrons. The van der Waals surface area contributed by atoms with Crippen LogP contribution in [0, 0.1) is 0 Å². The summed E-state index contributed by atoms with van der Waals surface area (Å²) in [6.07, 6.45) is 0. The molecule has 13 rings (SSSR count). The largest absolute Gasteiger partial charge is 0.374 e. The van der Waals surface area contributed by atoms with Crippen molar-refractivity contribution >= 4 is 105 Å². The van der Waals surface area contributed by atoms with Crippen molar-refractivity contribution in [1.29, 1.82) is 0 Å². The Morgan fingerprint density at radius 1 is 0.440 bits per heavy atom. The molecule has 75 heavy (non-hydrogen) atoms. The van der Waals surface area contributed by atoms with Crippen molar-refractivity contribution in [2.45, 2.75) is 105 Å². The van der Waals surface area contributed by atoms with Crippen molar-refractivity contribution in [3.8, 4) is 22.3 Å². The first-order chi connectivity index (χ1) is 35.8. The number of thiophene rings is 1. The second-order valence-corrected chi connectivity index (χ2v) is 26.5. The molecule has 0 saturated carbocycles. The molecule has 5 heteroatoms. The van der Waals surface area contributed by atoms with E-state index in [4.69, 9.17) is 0 Å². The van der Waals surface area contributed by atoms with Gasteiger partial charge in [-0.25, -0.2) is 0 Å². The van der Waals surface area contributed by atoms with E-state index in [0.29, 0.717) is 0 Å². The normalized spacial score (nSPS) is 13.5. The first kappa shape index (κ1) is 47.4. The summed E-state index contributed by atoms with van der Waals surface area (Å²) in [5, 5.41) is 5.11. The minimum atomic E-state index is -0.125. The van der Waals surface area contributed by atoms with Crippen LogP contribution in [0.1, 0.15) is 105 Å². The van der Waals surface area contributed by atoms with Gasteiger partial charge in [0.25, 0.3) is 0 Å². The lowest BCUT2D eigenvalue weighted by Gasteiger charge is -2.42. The highest BCUT2D eigenvalue weighted by atomic mass is 32.1. The van der Waals surface area contributed by atoms with Crippen molar-refractivity contribution in [3.05, 3.63) is 204 Å². The second-order valence-electron chi connectivity index (χ2n) is 25.4. The fraction of sp³-hybridized carbons (Fsp3) is 0.229. The summed E-state index contributed by atoms with van der Waals surface area (Å²) < 4.78 is 5.42. The van der Waals surface area contributed by atoms with Gasteiger partial charge in [0, 0.05) is 54.9 Å². The molecule has 3 nitrogen and oxygen atoms in total. The predicted octanol–water partition coefficient (Wildman–Crippen LogP) is 18.9. The Morgan fingerprint density at radius 2 is 1.00 bits per heavy atom. The van der Waals surface area contributed by atoms with Crippen LogP contribution in [0.4, 0.5) is 34.1 Å². The zero-order valence-corrected chi connectivity index (χ0v) is 46.5. The third-order valence-electron chi connectivity index (χ3n) is 16.4. The van der Waals surface area contributed by atoms with Crippen molar-refractivity contribution in [1.82, 2.24) is 4.48 Å². The van der Waals surface area contributed by atoms with Crippen LogP contribution in [0.5, 0.6) is 0 Å². The SMILES string of the molecule is CC(C)(C)c1ccc(N(c2ccc(C(C)(C)C)cc2)c2ccc3c4c2c2sc5ccccc5c2n4B2c4ccc(C(C)(C)C)cc4N(c4ccc(C(C)(C)C)cc4-c4ccccc4)c4cc5ccccc5c-3c42)cc1. The van der Waals surface area contributed by atoms with Gasteiger partial charge in [-0.2, -0.15) is 0 Å². The summed E-state index contributed by atoms with van der Waals surface area (Å²) in [5.74, 6) is 0. The Kier molecular flexibility index (Phi) is 10.5. The van der Waals surface area contributed by atoms with Crippen LogP contribution in [0.15, 0.2) is 182 Å². The smallest absolute Gasteiger partial charge is 0.333 e. The molecule has 0 aliphatic carbocycles. The number of anilines is 6. The van der Waals surface area contributed by atoms with E-state index in [9.17, 15) is 0 Å². The van der Waals surface area contributed by atoms with Gasteiger partial charge in [-0.3, -0.25) is 0 Å². The quantitative estimate of drug-likeness (QED) is 0.159. The molecule has 0 N–H and O–H groups in total. The summed E-state index contributed by atoms with van der Waals surface area (Å²) >= 11 is 1.94. The Bertz CT molecular complexity index is 4030. The highest BCUT2D eigenvalue weighted by Gasteiger charge is 2.45. The van der Waals surface area contributed by atoms with E-state index in [-0.39, 0.29) is 28.5 Å². The number of benzene rings is 9. The molecule has 2 aromatic heterocycles. The summed E-state index contributed by atoms with van der Waals surface area (Å²) in [6.45, 7) is 27.7. The summed E-state index contributed by atoms with van der Waals surface area (Å²) in [4.78, 5) is 5.18. The van der Waals surface area contributed by atoms with Crippen LogP contribution in [0.25, 0.3) is 64.2 Å². The average molecular weight is 992 g/mol. The maximum Gasteiger partial charge on any atom is 0.333 e. The second kappa shape index (κ2) is 16.6. The van der Waals surface area contributed by atoms with Crippen LogP contribution in [0.3, 0.4) is 0 Å². The van der Waals surface area contributed by atoms with Crippen LogP contribution in [0.2, 0.25) is 0 Å². The molecule has 0 radical (unpaired) electrons. The number of rotatable bonds is 5. The highest BCUT2D eigenvalue weighted by Crippen LogP contribution is 2.55. The van der Waals surface area contributed by atoms with Gasteiger partial charge in [0.2, 0.25) is 0 Å². The Hall–Kier alpha value is -7.34. The minimum absolute atomic E-state index is 0.0254. The molecule has 2 aliphatic rings. The zero-order chi connectivity index (χ0) is 52.1. The van der Waals surface area contributed by atoms with Gasteiger partial charge in [0.05, 0.1) is 21.6 Å². The van der Waals surface area contributed by atoms with Gasteiger partial charge < -0.3 is 14.3 Å². The molecule has 2 aliphatic heterocycles. The summed E-state index contributed by atoms with van der Waals surface area (Å²) in [6, 6.07) is 70.1. The average Bonchev–Trinajstić information content (AvgIpc) is 4.03. The molecule has 0 saturated heterocycles. The minimum Gasteiger partial charge on any atom is -0.374 e. The number of hydrogen-bond acceptors (Lipinski definition) is 3. The van der Waals surface area contributed by atoms with Crippen molar-refractivity contribution in [3.63, 3.8) is 0 Å². The van der Waals surface area contributed by atoms with Crippen molar-refractivity contribution in [2.75, 3.05) is 9.80 Å². The molecule has 0 unspecified atom stereocenters. The highest BCUT2D eigenvalue weighted by molar-refractivity contribution is 7.27. The Balaban J connectivity index is 1.18. The fourth-order valence-electron chi connectivity index (χ4n) is 12.3. The first-order valence-corrected chi connectivity index (χ1v) is 27.8. The monoisotopic (exact) mass is 992 g/mol. The number of fused-ring (bicyclic) bond motifs is 11. The van der Waals surface area contributed by atoms with E-state index in [2.05, 4.69) is 279 Å². The molecule has 11 aromatic rings. The van der Waals surface area contributed by atoms with Gasteiger partial charge >= 0.3 is 6.85 Å². The standard InChI is InChI=1S/C70H66BN3S/c1-67(2,3)45-26-32-49(33-27-45)72(50-34-28-46(29-35-50)68(4,5)6)57-39-36-53-61-51-23-17-16-22-44(51)40-59-63(61)71(74-64(53)62(57)66-65(74)52-24-18-19-25-60(52)75-66)55-37-30-48(70(10,11)12)42-58(55)73(59)56-38-31-47(69(7,8)9)41-54(56)43-20-14-13-15-21-43/h13-42H,1-12H3. The Labute approximate surface area is 448 Å². The van der Waals surface area contributed by atoms with Crippen molar-refractivity contribution < 1.29 is 0 Å². The molecule has 0 spiro atoms. The molecule has 4 heterocycles. The first-order valence-electron chi connectivity index (χ1n) is 27.0. The van der Waals surface area contributed by atoms with Gasteiger partial charge in [-0.15, -0.1) is 11.3 Å². The maximum atomic E-state index is 2.79. The summed E-state index contributed by atoms with van der Waals surface area (Å²) in [7, 11) is 0. The lowest BCUT2D eigenvalue weighted by molar-refractivity contribution is 0.590. The van der Waals surface area contributed by atoms with Gasteiger partial charge in [0.15, 0.2) is 0 Å². The number of aromatic nitrogens is 1. The van der Waals surface area contributed by atoms with Gasteiger partial charge in [0.1, 0.15) is 0 Å². The molecule has 0 atom stereocenters. The molecule has 0 amide bonds. The van der Waals surface area contributed by atoms with E-state index in [1.807, 2.05) is 11.3 Å². The third-order valence-corrected chi connectivity index (χ3v) is 17.6.